The molecule has 104 valence electrons. The van der Waals surface area contributed by atoms with Gasteiger partial charge in [0.1, 0.15) is 11.5 Å². The largest absolute Gasteiger partial charge is 0.465 e. The van der Waals surface area contributed by atoms with Gasteiger partial charge in [-0.3, -0.25) is 0 Å². The van der Waals surface area contributed by atoms with E-state index in [9.17, 15) is 0 Å². The summed E-state index contributed by atoms with van der Waals surface area (Å²) in [6.07, 6.45) is 3.14. The molecule has 2 aromatic heterocycles. The fourth-order valence-electron chi connectivity index (χ4n) is 2.66. The molecule has 3 aromatic rings. The average Bonchev–Trinajstić information content (AvgIpc) is 3.02. The highest BCUT2D eigenvalue weighted by molar-refractivity contribution is 5.86. The van der Waals surface area contributed by atoms with Gasteiger partial charge in [0.2, 0.25) is 0 Å². The van der Waals surface area contributed by atoms with Crippen LogP contribution in [0.1, 0.15) is 22.6 Å². The molecule has 2 N–H and O–H groups in total. The van der Waals surface area contributed by atoms with Crippen molar-refractivity contribution in [3.63, 3.8) is 0 Å². The highest BCUT2D eigenvalue weighted by Gasteiger charge is 2.05. The summed E-state index contributed by atoms with van der Waals surface area (Å²) in [5.74, 6) is 1.96. The van der Waals surface area contributed by atoms with Crippen LogP contribution in [0.3, 0.4) is 0 Å². The van der Waals surface area contributed by atoms with Crippen molar-refractivity contribution in [2.45, 2.75) is 26.8 Å². The Morgan fingerprint density at radius 3 is 2.85 bits per heavy atom. The molecule has 0 radical (unpaired) electrons. The number of H-pyrrole nitrogens is 1. The van der Waals surface area contributed by atoms with Crippen LogP contribution in [0.15, 0.2) is 40.9 Å². The lowest BCUT2D eigenvalue weighted by Crippen LogP contribution is -2.16. The van der Waals surface area contributed by atoms with Gasteiger partial charge in [-0.1, -0.05) is 12.1 Å². The molecule has 3 heteroatoms. The normalized spacial score (nSPS) is 11.3. The number of furan rings is 1. The van der Waals surface area contributed by atoms with E-state index in [4.69, 9.17) is 4.42 Å². The summed E-state index contributed by atoms with van der Waals surface area (Å²) in [5.41, 5.74) is 3.93. The van der Waals surface area contributed by atoms with Crippen LogP contribution in [-0.4, -0.2) is 11.5 Å². The van der Waals surface area contributed by atoms with Crippen molar-refractivity contribution < 1.29 is 4.42 Å². The number of aryl methyl sites for hydroxylation is 2. The first kappa shape index (κ1) is 13.0. The number of benzene rings is 1. The van der Waals surface area contributed by atoms with Crippen molar-refractivity contribution in [3.8, 4) is 0 Å². The number of rotatable bonds is 5. The second-order valence-corrected chi connectivity index (χ2v) is 5.25. The molecule has 0 saturated heterocycles. The number of fused-ring (bicyclic) bond motifs is 1. The molecule has 0 aliphatic rings. The van der Waals surface area contributed by atoms with Gasteiger partial charge in [-0.05, 0) is 56.1 Å². The van der Waals surface area contributed by atoms with Gasteiger partial charge in [-0.25, -0.2) is 0 Å². The monoisotopic (exact) mass is 268 g/mol. The van der Waals surface area contributed by atoms with Crippen LogP contribution in [0.2, 0.25) is 0 Å². The van der Waals surface area contributed by atoms with E-state index >= 15 is 0 Å². The fraction of sp³-hybridized carbons (Fsp3) is 0.294. The van der Waals surface area contributed by atoms with Gasteiger partial charge < -0.3 is 14.7 Å². The number of aromatic nitrogens is 1. The molecule has 0 aliphatic carbocycles. The highest BCUT2D eigenvalue weighted by Crippen LogP contribution is 2.22. The molecule has 20 heavy (non-hydrogen) atoms. The zero-order chi connectivity index (χ0) is 13.9. The Labute approximate surface area is 119 Å². The lowest BCUT2D eigenvalue weighted by atomic mass is 10.1. The van der Waals surface area contributed by atoms with Crippen molar-refractivity contribution in [1.82, 2.24) is 10.3 Å². The smallest absolute Gasteiger partial charge is 0.117 e. The number of nitrogens with one attached hydrogen (secondary N) is 2. The van der Waals surface area contributed by atoms with Crippen LogP contribution in [0.25, 0.3) is 10.9 Å². The van der Waals surface area contributed by atoms with E-state index in [0.717, 1.165) is 31.0 Å². The van der Waals surface area contributed by atoms with Crippen LogP contribution < -0.4 is 5.32 Å². The summed E-state index contributed by atoms with van der Waals surface area (Å²) >= 11 is 0. The highest BCUT2D eigenvalue weighted by atomic mass is 16.3. The summed E-state index contributed by atoms with van der Waals surface area (Å²) < 4.78 is 5.54. The molecular weight excluding hydrogens is 248 g/mol. The van der Waals surface area contributed by atoms with E-state index in [2.05, 4.69) is 41.6 Å². The van der Waals surface area contributed by atoms with Gasteiger partial charge in [0.15, 0.2) is 0 Å². The van der Waals surface area contributed by atoms with Gasteiger partial charge in [0.05, 0.1) is 6.54 Å². The number of hydrogen-bond donors (Lipinski definition) is 2. The van der Waals surface area contributed by atoms with Crippen LogP contribution in [0, 0.1) is 13.8 Å². The Hall–Kier alpha value is -2.00. The molecule has 0 spiro atoms. The van der Waals surface area contributed by atoms with Crippen molar-refractivity contribution in [2.24, 2.45) is 0 Å². The first-order valence-electron chi connectivity index (χ1n) is 7.05. The minimum Gasteiger partial charge on any atom is -0.465 e. The van der Waals surface area contributed by atoms with Crippen molar-refractivity contribution in [2.75, 3.05) is 6.54 Å². The first-order chi connectivity index (χ1) is 9.74. The summed E-state index contributed by atoms with van der Waals surface area (Å²) in [6.45, 7) is 5.87. The maximum atomic E-state index is 5.54. The van der Waals surface area contributed by atoms with Crippen LogP contribution in [0.4, 0.5) is 0 Å². The average molecular weight is 268 g/mol. The maximum absolute atomic E-state index is 5.54. The molecule has 0 amide bonds. The standard InChI is InChI=1S/C17H20N2O/c1-12-4-3-5-16-17(12)14(10-19-16)8-9-18-11-15-7-6-13(2)20-15/h3-7,10,18-19H,8-9,11H2,1-2H3. The van der Waals surface area contributed by atoms with Crippen molar-refractivity contribution in [3.05, 3.63) is 59.2 Å². The van der Waals surface area contributed by atoms with Crippen molar-refractivity contribution in [1.29, 1.82) is 0 Å². The molecule has 1 aromatic carbocycles. The third-order valence-electron chi connectivity index (χ3n) is 3.66. The number of aromatic amines is 1. The fourth-order valence-corrected chi connectivity index (χ4v) is 2.66. The van der Waals surface area contributed by atoms with Gasteiger partial charge in [-0.15, -0.1) is 0 Å². The lowest BCUT2D eigenvalue weighted by molar-refractivity contribution is 0.463. The topological polar surface area (TPSA) is 41.0 Å². The Morgan fingerprint density at radius 1 is 1.15 bits per heavy atom. The first-order valence-corrected chi connectivity index (χ1v) is 7.05. The molecule has 2 heterocycles. The Balaban J connectivity index is 1.60. The minimum atomic E-state index is 0.787. The second-order valence-electron chi connectivity index (χ2n) is 5.25. The van der Waals surface area contributed by atoms with E-state index < -0.39 is 0 Å². The molecular formula is C17H20N2O. The van der Waals surface area contributed by atoms with Crippen LogP contribution >= 0.6 is 0 Å². The van der Waals surface area contributed by atoms with E-state index in [1.807, 2.05) is 19.1 Å². The van der Waals surface area contributed by atoms with E-state index in [0.29, 0.717) is 0 Å². The predicted molar refractivity (Wildman–Crippen MR) is 81.9 cm³/mol. The van der Waals surface area contributed by atoms with E-state index in [-0.39, 0.29) is 0 Å². The summed E-state index contributed by atoms with van der Waals surface area (Å²) in [5, 5.41) is 4.79. The SMILES string of the molecule is Cc1ccc(CNCCc2c[nH]c3cccc(C)c23)o1. The molecule has 0 fully saturated rings. The van der Waals surface area contributed by atoms with E-state index in [1.54, 1.807) is 0 Å². The summed E-state index contributed by atoms with van der Waals surface area (Å²) in [7, 11) is 0. The van der Waals surface area contributed by atoms with Gasteiger partial charge in [0.25, 0.3) is 0 Å². The Kier molecular flexibility index (Phi) is 3.61. The predicted octanol–water partition coefficient (Wildman–Crippen LogP) is 3.71. The molecule has 3 rings (SSSR count). The number of hydrogen-bond acceptors (Lipinski definition) is 2. The zero-order valence-electron chi connectivity index (χ0n) is 12.0. The third-order valence-corrected chi connectivity index (χ3v) is 3.66. The Morgan fingerprint density at radius 2 is 2.05 bits per heavy atom. The second kappa shape index (κ2) is 5.55. The molecule has 0 atom stereocenters. The van der Waals surface area contributed by atoms with Crippen LogP contribution in [-0.2, 0) is 13.0 Å². The molecule has 0 bridgehead atoms. The van der Waals surface area contributed by atoms with Crippen LogP contribution in [0.5, 0.6) is 0 Å². The summed E-state index contributed by atoms with van der Waals surface area (Å²) in [4.78, 5) is 3.34. The summed E-state index contributed by atoms with van der Waals surface area (Å²) in [6, 6.07) is 10.4. The van der Waals surface area contributed by atoms with Gasteiger partial charge in [0, 0.05) is 17.1 Å². The molecule has 0 saturated carbocycles. The maximum Gasteiger partial charge on any atom is 0.117 e. The van der Waals surface area contributed by atoms with Gasteiger partial charge in [-0.2, -0.15) is 0 Å². The third kappa shape index (κ3) is 2.63. The quantitative estimate of drug-likeness (QED) is 0.693. The molecule has 0 unspecified atom stereocenters. The molecule has 3 nitrogen and oxygen atoms in total. The van der Waals surface area contributed by atoms with Crippen molar-refractivity contribution >= 4 is 10.9 Å². The lowest BCUT2D eigenvalue weighted by Gasteiger charge is -2.04. The zero-order valence-corrected chi connectivity index (χ0v) is 12.0. The van der Waals surface area contributed by atoms with Gasteiger partial charge >= 0.3 is 0 Å². The van der Waals surface area contributed by atoms with E-state index in [1.165, 1.54) is 22.0 Å². The Bertz CT molecular complexity index is 709. The molecule has 0 aliphatic heterocycles. The minimum absolute atomic E-state index is 0.787.